The summed E-state index contributed by atoms with van der Waals surface area (Å²) in [7, 11) is 0. The highest BCUT2D eigenvalue weighted by Gasteiger charge is 2.19. The van der Waals surface area contributed by atoms with E-state index in [0.717, 1.165) is 24.8 Å². The summed E-state index contributed by atoms with van der Waals surface area (Å²) < 4.78 is 5.65. The molecule has 0 saturated heterocycles. The summed E-state index contributed by atoms with van der Waals surface area (Å²) in [5.41, 5.74) is 8.52. The fourth-order valence-electron chi connectivity index (χ4n) is 2.43. The molecule has 0 saturated carbocycles. The molecule has 2 atom stereocenters. The zero-order valence-corrected chi connectivity index (χ0v) is 11.7. The van der Waals surface area contributed by atoms with Crippen LogP contribution in [0.3, 0.4) is 0 Å². The van der Waals surface area contributed by atoms with E-state index in [1.54, 1.807) is 6.92 Å². The summed E-state index contributed by atoms with van der Waals surface area (Å²) in [5, 5.41) is 2.60. The van der Waals surface area contributed by atoms with Gasteiger partial charge in [0.05, 0.1) is 6.54 Å². The molecule has 106 valence electrons. The predicted octanol–water partition coefficient (Wildman–Crippen LogP) is 1.54. The second-order valence-corrected chi connectivity index (χ2v) is 5.04. The molecule has 0 aromatic heterocycles. The van der Waals surface area contributed by atoms with Crippen LogP contribution in [0.2, 0.25) is 0 Å². The highest BCUT2D eigenvalue weighted by atomic mass is 16.5. The number of hydrogen-bond acceptors (Lipinski definition) is 3. The van der Waals surface area contributed by atoms with Crippen molar-refractivity contribution >= 4 is 5.91 Å². The average molecular weight is 272 g/mol. The first-order valence-electron chi connectivity index (χ1n) is 6.88. The number of hydrogen-bond donors (Lipinski definition) is 2. The van der Waals surface area contributed by atoms with Crippen LogP contribution >= 0.6 is 0 Å². The summed E-state index contributed by atoms with van der Waals surface area (Å²) >= 11 is 0. The number of carbonyl (C=O) groups is 1. The zero-order chi connectivity index (χ0) is 14.5. The monoisotopic (exact) mass is 272 g/mol. The van der Waals surface area contributed by atoms with Crippen LogP contribution in [0.5, 0.6) is 5.75 Å². The quantitative estimate of drug-likeness (QED) is 0.817. The second-order valence-electron chi connectivity index (χ2n) is 5.04. The molecule has 0 aliphatic heterocycles. The minimum Gasteiger partial charge on any atom is -0.481 e. The van der Waals surface area contributed by atoms with Gasteiger partial charge in [0.25, 0.3) is 5.91 Å². The summed E-state index contributed by atoms with van der Waals surface area (Å²) in [4.78, 5) is 11.7. The molecule has 20 heavy (non-hydrogen) atoms. The van der Waals surface area contributed by atoms with E-state index in [1.165, 1.54) is 5.56 Å². The summed E-state index contributed by atoms with van der Waals surface area (Å²) in [6, 6.07) is 5.94. The van der Waals surface area contributed by atoms with Crippen molar-refractivity contribution in [1.29, 1.82) is 0 Å². The molecular formula is C16H20N2O2. The molecule has 4 heteroatoms. The fourth-order valence-corrected chi connectivity index (χ4v) is 2.43. The second kappa shape index (κ2) is 6.44. The Morgan fingerprint density at radius 3 is 3.20 bits per heavy atom. The van der Waals surface area contributed by atoms with Crippen molar-refractivity contribution in [2.75, 3.05) is 6.54 Å². The zero-order valence-electron chi connectivity index (χ0n) is 11.7. The van der Waals surface area contributed by atoms with Gasteiger partial charge < -0.3 is 15.8 Å². The molecular weight excluding hydrogens is 252 g/mol. The van der Waals surface area contributed by atoms with Gasteiger partial charge in [0.15, 0.2) is 6.10 Å². The maximum Gasteiger partial charge on any atom is 0.261 e. The smallest absolute Gasteiger partial charge is 0.261 e. The number of fused-ring (bicyclic) bond motifs is 1. The van der Waals surface area contributed by atoms with Crippen LogP contribution < -0.4 is 15.8 Å². The molecule has 1 amide bonds. The number of benzene rings is 1. The van der Waals surface area contributed by atoms with Crippen LogP contribution in [-0.4, -0.2) is 18.6 Å². The lowest BCUT2D eigenvalue weighted by Crippen LogP contribution is -2.36. The van der Waals surface area contributed by atoms with E-state index in [2.05, 4.69) is 11.2 Å². The Balaban J connectivity index is 2.05. The minimum absolute atomic E-state index is 0.0628. The molecule has 1 unspecified atom stereocenters. The highest BCUT2D eigenvalue weighted by Crippen LogP contribution is 2.31. The molecule has 2 rings (SSSR count). The first-order valence-corrected chi connectivity index (χ1v) is 6.88. The van der Waals surface area contributed by atoms with Crippen LogP contribution in [0.15, 0.2) is 18.2 Å². The van der Waals surface area contributed by atoms with Gasteiger partial charge in [0.1, 0.15) is 5.75 Å². The van der Waals surface area contributed by atoms with Gasteiger partial charge >= 0.3 is 0 Å². The standard InChI is InChI=1S/C16H20N2O2/c1-3-9-18-16(19)11(2)20-13-8-7-12-5-4-6-15(17)14(12)10-13/h1,7-8,10-11,15H,4-6,9,17H2,2H3,(H,18,19)/t11?,15-/m0/s1. The number of nitrogens with one attached hydrogen (secondary N) is 1. The van der Waals surface area contributed by atoms with Crippen LogP contribution in [0, 0.1) is 12.3 Å². The van der Waals surface area contributed by atoms with E-state index < -0.39 is 6.10 Å². The normalized spacial score (nSPS) is 18.6. The molecule has 4 nitrogen and oxygen atoms in total. The predicted molar refractivity (Wildman–Crippen MR) is 78.2 cm³/mol. The third kappa shape index (κ3) is 3.31. The van der Waals surface area contributed by atoms with Crippen molar-refractivity contribution in [3.05, 3.63) is 29.3 Å². The highest BCUT2D eigenvalue weighted by molar-refractivity contribution is 5.80. The van der Waals surface area contributed by atoms with Crippen LogP contribution in [0.25, 0.3) is 0 Å². The molecule has 1 aliphatic rings. The van der Waals surface area contributed by atoms with Gasteiger partial charge in [-0.1, -0.05) is 12.0 Å². The van der Waals surface area contributed by atoms with E-state index in [9.17, 15) is 4.79 Å². The van der Waals surface area contributed by atoms with Gasteiger partial charge in [-0.25, -0.2) is 0 Å². The largest absolute Gasteiger partial charge is 0.481 e. The summed E-state index contributed by atoms with van der Waals surface area (Å²) in [5.74, 6) is 2.81. The van der Waals surface area contributed by atoms with Crippen molar-refractivity contribution < 1.29 is 9.53 Å². The maximum atomic E-state index is 11.7. The first-order chi connectivity index (χ1) is 9.61. The molecule has 0 heterocycles. The number of nitrogens with two attached hydrogens (primary N) is 1. The number of terminal acetylenes is 1. The fraction of sp³-hybridized carbons (Fsp3) is 0.438. The topological polar surface area (TPSA) is 64.3 Å². The Morgan fingerprint density at radius 1 is 1.65 bits per heavy atom. The minimum atomic E-state index is -0.582. The Bertz CT molecular complexity index is 534. The molecule has 0 bridgehead atoms. The average Bonchev–Trinajstić information content (AvgIpc) is 2.45. The van der Waals surface area contributed by atoms with Gasteiger partial charge in [-0.3, -0.25) is 4.79 Å². The SMILES string of the molecule is C#CCNC(=O)C(C)Oc1ccc2c(c1)[C@@H](N)CCC2. The van der Waals surface area contributed by atoms with Crippen molar-refractivity contribution in [2.45, 2.75) is 38.3 Å². The lowest BCUT2D eigenvalue weighted by atomic mass is 9.88. The number of rotatable bonds is 4. The van der Waals surface area contributed by atoms with Gasteiger partial charge in [0.2, 0.25) is 0 Å². The van der Waals surface area contributed by atoms with Crippen molar-refractivity contribution in [2.24, 2.45) is 5.73 Å². The molecule has 0 radical (unpaired) electrons. The number of ether oxygens (including phenoxy) is 1. The molecule has 1 aliphatic carbocycles. The van der Waals surface area contributed by atoms with Crippen LogP contribution in [0.4, 0.5) is 0 Å². The van der Waals surface area contributed by atoms with Crippen molar-refractivity contribution in [1.82, 2.24) is 5.32 Å². The number of aryl methyl sites for hydroxylation is 1. The van der Waals surface area contributed by atoms with E-state index in [4.69, 9.17) is 16.9 Å². The van der Waals surface area contributed by atoms with Crippen molar-refractivity contribution in [3.8, 4) is 18.1 Å². The molecule has 3 N–H and O–H groups in total. The van der Waals surface area contributed by atoms with E-state index in [-0.39, 0.29) is 18.5 Å². The lowest BCUT2D eigenvalue weighted by Gasteiger charge is -2.23. The van der Waals surface area contributed by atoms with Gasteiger partial charge in [0, 0.05) is 6.04 Å². The molecule has 1 aromatic carbocycles. The Kier molecular flexibility index (Phi) is 4.65. The molecule has 0 fully saturated rings. The number of carbonyl (C=O) groups excluding carboxylic acids is 1. The molecule has 0 spiro atoms. The third-order valence-electron chi connectivity index (χ3n) is 3.52. The first kappa shape index (κ1) is 14.4. The van der Waals surface area contributed by atoms with Crippen molar-refractivity contribution in [3.63, 3.8) is 0 Å². The third-order valence-corrected chi connectivity index (χ3v) is 3.52. The van der Waals surface area contributed by atoms with Gasteiger partial charge in [-0.05, 0) is 49.4 Å². The maximum absolute atomic E-state index is 11.7. The van der Waals surface area contributed by atoms with Gasteiger partial charge in [-0.2, -0.15) is 0 Å². The Morgan fingerprint density at radius 2 is 2.45 bits per heavy atom. The summed E-state index contributed by atoms with van der Waals surface area (Å²) in [6.45, 7) is 1.91. The Hall–Kier alpha value is -1.99. The van der Waals surface area contributed by atoms with E-state index >= 15 is 0 Å². The van der Waals surface area contributed by atoms with Crippen LogP contribution in [0.1, 0.15) is 36.9 Å². The summed E-state index contributed by atoms with van der Waals surface area (Å²) in [6.07, 6.45) is 7.70. The van der Waals surface area contributed by atoms with E-state index in [1.807, 2.05) is 18.2 Å². The van der Waals surface area contributed by atoms with Crippen LogP contribution in [-0.2, 0) is 11.2 Å². The lowest BCUT2D eigenvalue weighted by molar-refractivity contribution is -0.126. The Labute approximate surface area is 119 Å². The van der Waals surface area contributed by atoms with E-state index in [0.29, 0.717) is 5.75 Å². The molecule has 1 aromatic rings. The van der Waals surface area contributed by atoms with Gasteiger partial charge in [-0.15, -0.1) is 6.42 Å². The number of amides is 1.